The Bertz CT molecular complexity index is 1080. The molecule has 0 aliphatic rings. The largest absolute Gasteiger partial charge is 0.322 e. The van der Waals surface area contributed by atoms with Gasteiger partial charge in [-0.3, -0.25) is 9.69 Å². The minimum atomic E-state index is -0.587. The highest BCUT2D eigenvalue weighted by Crippen LogP contribution is 2.20. The molecule has 152 valence electrons. The Hall–Kier alpha value is -3.27. The Morgan fingerprint density at radius 1 is 1.00 bits per heavy atom. The van der Waals surface area contributed by atoms with Crippen molar-refractivity contribution in [1.82, 2.24) is 4.90 Å². The van der Waals surface area contributed by atoms with E-state index < -0.39 is 11.7 Å². The fourth-order valence-corrected chi connectivity index (χ4v) is 3.16. The molecule has 0 atom stereocenters. The number of hydrogen-bond acceptors (Lipinski definition) is 3. The van der Waals surface area contributed by atoms with Gasteiger partial charge in [0.2, 0.25) is 5.91 Å². The maximum Gasteiger partial charge on any atom is 0.238 e. The van der Waals surface area contributed by atoms with E-state index in [0.717, 1.165) is 5.56 Å². The Morgan fingerprint density at radius 3 is 2.43 bits per heavy atom. The molecule has 0 aromatic heterocycles. The van der Waals surface area contributed by atoms with Crippen LogP contribution in [-0.4, -0.2) is 17.4 Å². The van der Waals surface area contributed by atoms with Crippen molar-refractivity contribution in [3.05, 3.63) is 100 Å². The summed E-state index contributed by atoms with van der Waals surface area (Å²) in [6.45, 7) is 0.638. The number of carbonyl (C=O) groups is 1. The summed E-state index contributed by atoms with van der Waals surface area (Å²) in [6.07, 6.45) is 0. The standard InChI is InChI=1S/C23H18ClF2N3O/c24-19-8-9-21(26)22(11-19)28-23(30)15-29(14-18-2-1-3-20(25)10-18)13-17-6-4-16(12-27)5-7-17/h1-11H,13-15H2,(H,28,30). The van der Waals surface area contributed by atoms with Gasteiger partial charge >= 0.3 is 0 Å². The van der Waals surface area contributed by atoms with E-state index in [1.807, 2.05) is 0 Å². The predicted octanol–water partition coefficient (Wildman–Crippen LogP) is 5.13. The highest BCUT2D eigenvalue weighted by Gasteiger charge is 2.15. The van der Waals surface area contributed by atoms with Crippen LogP contribution < -0.4 is 5.32 Å². The van der Waals surface area contributed by atoms with E-state index in [1.54, 1.807) is 41.3 Å². The summed E-state index contributed by atoms with van der Waals surface area (Å²) in [7, 11) is 0. The lowest BCUT2D eigenvalue weighted by atomic mass is 10.1. The van der Waals surface area contributed by atoms with Gasteiger partial charge in [-0.2, -0.15) is 5.26 Å². The summed E-state index contributed by atoms with van der Waals surface area (Å²) >= 11 is 5.87. The van der Waals surface area contributed by atoms with Crippen LogP contribution in [0.3, 0.4) is 0 Å². The van der Waals surface area contributed by atoms with Crippen molar-refractivity contribution in [2.24, 2.45) is 0 Å². The molecule has 3 rings (SSSR count). The Morgan fingerprint density at radius 2 is 1.73 bits per heavy atom. The van der Waals surface area contributed by atoms with Crippen molar-refractivity contribution < 1.29 is 13.6 Å². The summed E-state index contributed by atoms with van der Waals surface area (Å²) in [5, 5.41) is 11.8. The zero-order valence-electron chi connectivity index (χ0n) is 15.9. The minimum absolute atomic E-state index is 0.00317. The third-order valence-corrected chi connectivity index (χ3v) is 4.59. The van der Waals surface area contributed by atoms with Gasteiger partial charge in [0, 0.05) is 18.1 Å². The molecule has 0 heterocycles. The van der Waals surface area contributed by atoms with Crippen LogP contribution in [0.5, 0.6) is 0 Å². The lowest BCUT2D eigenvalue weighted by Crippen LogP contribution is -2.32. The van der Waals surface area contributed by atoms with E-state index in [0.29, 0.717) is 29.2 Å². The topological polar surface area (TPSA) is 56.1 Å². The van der Waals surface area contributed by atoms with Crippen LogP contribution in [0.4, 0.5) is 14.5 Å². The van der Waals surface area contributed by atoms with E-state index in [2.05, 4.69) is 11.4 Å². The molecule has 0 unspecified atom stereocenters. The fraction of sp³-hybridized carbons (Fsp3) is 0.130. The van der Waals surface area contributed by atoms with Gasteiger partial charge in [0.25, 0.3) is 0 Å². The second-order valence-corrected chi connectivity index (χ2v) is 7.19. The van der Waals surface area contributed by atoms with Crippen molar-refractivity contribution in [2.75, 3.05) is 11.9 Å². The molecule has 1 N–H and O–H groups in total. The molecule has 0 saturated heterocycles. The molecule has 0 radical (unpaired) electrons. The molecular weight excluding hydrogens is 408 g/mol. The fourth-order valence-electron chi connectivity index (χ4n) is 2.99. The first-order valence-corrected chi connectivity index (χ1v) is 9.51. The van der Waals surface area contributed by atoms with E-state index in [1.165, 1.54) is 30.3 Å². The maximum atomic E-state index is 13.9. The third kappa shape index (κ3) is 6.11. The normalized spacial score (nSPS) is 10.6. The SMILES string of the molecule is N#Cc1ccc(CN(CC(=O)Nc2cc(Cl)ccc2F)Cc2cccc(F)c2)cc1. The van der Waals surface area contributed by atoms with E-state index in [4.69, 9.17) is 16.9 Å². The number of nitrogens with one attached hydrogen (secondary N) is 1. The zero-order chi connectivity index (χ0) is 21.5. The number of nitrogens with zero attached hydrogens (tertiary/aromatic N) is 2. The zero-order valence-corrected chi connectivity index (χ0v) is 16.7. The van der Waals surface area contributed by atoms with Crippen molar-refractivity contribution in [3.8, 4) is 6.07 Å². The molecular formula is C23H18ClF2N3O. The molecule has 3 aromatic rings. The highest BCUT2D eigenvalue weighted by molar-refractivity contribution is 6.30. The summed E-state index contributed by atoms with van der Waals surface area (Å²) in [5.41, 5.74) is 2.11. The third-order valence-electron chi connectivity index (χ3n) is 4.35. The molecule has 0 spiro atoms. The molecule has 30 heavy (non-hydrogen) atoms. The van der Waals surface area contributed by atoms with Crippen LogP contribution in [-0.2, 0) is 17.9 Å². The van der Waals surface area contributed by atoms with Gasteiger partial charge < -0.3 is 5.32 Å². The van der Waals surface area contributed by atoms with Gasteiger partial charge in [-0.25, -0.2) is 8.78 Å². The Kier molecular flexibility index (Phi) is 7.12. The number of amides is 1. The lowest BCUT2D eigenvalue weighted by Gasteiger charge is -2.22. The number of carbonyl (C=O) groups excluding carboxylic acids is 1. The highest BCUT2D eigenvalue weighted by atomic mass is 35.5. The number of rotatable bonds is 7. The number of anilines is 1. The van der Waals surface area contributed by atoms with E-state index >= 15 is 0 Å². The number of benzene rings is 3. The van der Waals surface area contributed by atoms with Gasteiger partial charge in [0.1, 0.15) is 11.6 Å². The monoisotopic (exact) mass is 425 g/mol. The minimum Gasteiger partial charge on any atom is -0.322 e. The molecule has 3 aromatic carbocycles. The first-order valence-electron chi connectivity index (χ1n) is 9.13. The first-order chi connectivity index (χ1) is 14.4. The molecule has 0 bridgehead atoms. The lowest BCUT2D eigenvalue weighted by molar-refractivity contribution is -0.117. The molecule has 0 saturated carbocycles. The second kappa shape index (κ2) is 9.97. The predicted molar refractivity (Wildman–Crippen MR) is 112 cm³/mol. The van der Waals surface area contributed by atoms with Gasteiger partial charge in [-0.1, -0.05) is 35.9 Å². The molecule has 0 aliphatic heterocycles. The van der Waals surface area contributed by atoms with E-state index in [9.17, 15) is 13.6 Å². The molecule has 7 heteroatoms. The number of nitriles is 1. The average molecular weight is 426 g/mol. The summed E-state index contributed by atoms with van der Waals surface area (Å²) in [6, 6.07) is 19.1. The van der Waals surface area contributed by atoms with Crippen LogP contribution in [0.15, 0.2) is 66.7 Å². The molecule has 0 fully saturated rings. The van der Waals surface area contributed by atoms with Gasteiger partial charge in [-0.15, -0.1) is 0 Å². The van der Waals surface area contributed by atoms with E-state index in [-0.39, 0.29) is 18.0 Å². The van der Waals surface area contributed by atoms with Crippen molar-refractivity contribution in [1.29, 1.82) is 5.26 Å². The summed E-state index contributed by atoms with van der Waals surface area (Å²) < 4.78 is 27.5. The maximum absolute atomic E-state index is 13.9. The van der Waals surface area contributed by atoms with Crippen LogP contribution >= 0.6 is 11.6 Å². The van der Waals surface area contributed by atoms with Gasteiger partial charge in [0.05, 0.1) is 23.9 Å². The Labute approximate surface area is 178 Å². The molecule has 4 nitrogen and oxygen atoms in total. The smallest absolute Gasteiger partial charge is 0.238 e. The van der Waals surface area contributed by atoms with Crippen LogP contribution in [0, 0.1) is 23.0 Å². The van der Waals surface area contributed by atoms with Crippen LogP contribution in [0.2, 0.25) is 5.02 Å². The van der Waals surface area contributed by atoms with Crippen molar-refractivity contribution >= 4 is 23.2 Å². The quantitative estimate of drug-likeness (QED) is 0.571. The molecule has 1 amide bonds. The van der Waals surface area contributed by atoms with Crippen LogP contribution in [0.1, 0.15) is 16.7 Å². The summed E-state index contributed by atoms with van der Waals surface area (Å²) in [5.74, 6) is -1.38. The van der Waals surface area contributed by atoms with Crippen LogP contribution in [0.25, 0.3) is 0 Å². The average Bonchev–Trinajstić information content (AvgIpc) is 2.71. The van der Waals surface area contributed by atoms with Gasteiger partial charge in [0.15, 0.2) is 0 Å². The first kappa shape index (κ1) is 21.4. The summed E-state index contributed by atoms with van der Waals surface area (Å²) in [4.78, 5) is 14.4. The second-order valence-electron chi connectivity index (χ2n) is 6.76. The van der Waals surface area contributed by atoms with Gasteiger partial charge in [-0.05, 0) is 53.6 Å². The number of halogens is 3. The number of hydrogen-bond donors (Lipinski definition) is 1. The Balaban J connectivity index is 1.76. The molecule has 0 aliphatic carbocycles. The van der Waals surface area contributed by atoms with Crippen molar-refractivity contribution in [3.63, 3.8) is 0 Å². The van der Waals surface area contributed by atoms with Crippen molar-refractivity contribution in [2.45, 2.75) is 13.1 Å².